The van der Waals surface area contributed by atoms with E-state index in [1.807, 2.05) is 12.1 Å². The standard InChI is InChI=1S/C23H29N3O6S/c1-30-21-7-6-19(14-22(21)33(28,29)26-9-12-31-13-10-26)23(27)25(17-20-5-3-11-32-20)16-18-4-2-8-24-15-18/h2,4,6-8,14-15,20H,3,5,9-13,16-17H2,1H3. The minimum Gasteiger partial charge on any atom is -0.495 e. The number of pyridine rings is 1. The molecular formula is C23H29N3O6S. The molecule has 1 aromatic heterocycles. The van der Waals surface area contributed by atoms with Gasteiger partial charge in [-0.05, 0) is 42.7 Å². The topological polar surface area (TPSA) is 98.3 Å². The number of methoxy groups -OCH3 is 1. The van der Waals surface area contributed by atoms with Gasteiger partial charge in [0.1, 0.15) is 10.6 Å². The van der Waals surface area contributed by atoms with E-state index in [0.29, 0.717) is 32.9 Å². The van der Waals surface area contributed by atoms with Gasteiger partial charge in [0.2, 0.25) is 10.0 Å². The van der Waals surface area contributed by atoms with Gasteiger partial charge in [-0.15, -0.1) is 0 Å². The van der Waals surface area contributed by atoms with Crippen molar-refractivity contribution in [1.29, 1.82) is 0 Å². The fourth-order valence-electron chi connectivity index (χ4n) is 4.09. The maximum absolute atomic E-state index is 13.6. The number of rotatable bonds is 8. The Morgan fingerprint density at radius 3 is 2.73 bits per heavy atom. The van der Waals surface area contributed by atoms with Gasteiger partial charge in [0, 0.05) is 50.7 Å². The normalized spacial score (nSPS) is 19.4. The quantitative estimate of drug-likeness (QED) is 0.575. The average molecular weight is 476 g/mol. The second kappa shape index (κ2) is 10.6. The predicted molar refractivity (Wildman–Crippen MR) is 121 cm³/mol. The van der Waals surface area contributed by atoms with Crippen LogP contribution in [0.25, 0.3) is 0 Å². The third kappa shape index (κ3) is 5.52. The first-order valence-electron chi connectivity index (χ1n) is 11.0. The van der Waals surface area contributed by atoms with Crippen molar-refractivity contribution in [3.8, 4) is 5.75 Å². The van der Waals surface area contributed by atoms with Crippen molar-refractivity contribution in [1.82, 2.24) is 14.2 Å². The Kier molecular flexibility index (Phi) is 7.59. The summed E-state index contributed by atoms with van der Waals surface area (Å²) in [6, 6.07) is 8.29. The van der Waals surface area contributed by atoms with Crippen molar-refractivity contribution < 1.29 is 27.4 Å². The molecule has 1 amide bonds. The maximum Gasteiger partial charge on any atom is 0.254 e. The van der Waals surface area contributed by atoms with Gasteiger partial charge in [-0.25, -0.2) is 8.42 Å². The Hall–Kier alpha value is -2.53. The van der Waals surface area contributed by atoms with Crippen LogP contribution in [0.3, 0.4) is 0 Å². The molecule has 0 bridgehead atoms. The summed E-state index contributed by atoms with van der Waals surface area (Å²) < 4.78 is 44.4. The van der Waals surface area contributed by atoms with E-state index < -0.39 is 10.0 Å². The van der Waals surface area contributed by atoms with E-state index in [1.165, 1.54) is 23.5 Å². The molecule has 3 heterocycles. The summed E-state index contributed by atoms with van der Waals surface area (Å²) >= 11 is 0. The minimum absolute atomic E-state index is 0.0174. The van der Waals surface area contributed by atoms with Crippen molar-refractivity contribution >= 4 is 15.9 Å². The predicted octanol–water partition coefficient (Wildman–Crippen LogP) is 1.93. The fraction of sp³-hybridized carbons (Fsp3) is 0.478. The lowest BCUT2D eigenvalue weighted by Crippen LogP contribution is -2.41. The van der Waals surface area contributed by atoms with Crippen LogP contribution in [-0.4, -0.2) is 81.2 Å². The summed E-state index contributed by atoms with van der Waals surface area (Å²) in [7, 11) is -2.43. The zero-order valence-corrected chi connectivity index (χ0v) is 19.5. The van der Waals surface area contributed by atoms with Gasteiger partial charge in [0.25, 0.3) is 5.91 Å². The third-order valence-corrected chi connectivity index (χ3v) is 7.75. The molecule has 1 unspecified atom stereocenters. The highest BCUT2D eigenvalue weighted by Gasteiger charge is 2.31. The van der Waals surface area contributed by atoms with Crippen molar-refractivity contribution in [3.63, 3.8) is 0 Å². The van der Waals surface area contributed by atoms with Gasteiger partial charge in [0.05, 0.1) is 26.4 Å². The maximum atomic E-state index is 13.6. The molecule has 4 rings (SSSR count). The summed E-state index contributed by atoms with van der Waals surface area (Å²) in [5.74, 6) is -0.0635. The number of sulfonamides is 1. The smallest absolute Gasteiger partial charge is 0.254 e. The van der Waals surface area contributed by atoms with Crippen LogP contribution in [0, 0.1) is 0 Å². The Labute approximate surface area is 194 Å². The molecule has 0 saturated carbocycles. The molecule has 2 fully saturated rings. The number of morpholine rings is 1. The zero-order chi connectivity index (χ0) is 23.3. The van der Waals surface area contributed by atoms with Crippen molar-refractivity contribution in [2.24, 2.45) is 0 Å². The molecule has 2 aromatic rings. The summed E-state index contributed by atoms with van der Waals surface area (Å²) in [5, 5.41) is 0. The summed E-state index contributed by atoms with van der Waals surface area (Å²) in [6.45, 7) is 2.64. The Morgan fingerprint density at radius 2 is 2.06 bits per heavy atom. The summed E-state index contributed by atoms with van der Waals surface area (Å²) in [5.41, 5.74) is 1.17. The molecular weight excluding hydrogens is 446 g/mol. The Morgan fingerprint density at radius 1 is 1.24 bits per heavy atom. The monoisotopic (exact) mass is 475 g/mol. The van der Waals surface area contributed by atoms with Crippen molar-refractivity contribution in [2.75, 3.05) is 46.6 Å². The molecule has 0 spiro atoms. The van der Waals surface area contributed by atoms with Gasteiger partial charge >= 0.3 is 0 Å². The van der Waals surface area contributed by atoms with E-state index in [2.05, 4.69) is 4.98 Å². The number of carbonyl (C=O) groups excluding carboxylic acids is 1. The summed E-state index contributed by atoms with van der Waals surface area (Å²) in [6.07, 6.45) is 5.21. The van der Waals surface area contributed by atoms with Crippen molar-refractivity contribution in [3.05, 3.63) is 53.9 Å². The SMILES string of the molecule is COc1ccc(C(=O)N(Cc2cccnc2)CC2CCCO2)cc1S(=O)(=O)N1CCOCC1. The van der Waals surface area contributed by atoms with Crippen LogP contribution in [0.5, 0.6) is 5.75 Å². The summed E-state index contributed by atoms with van der Waals surface area (Å²) in [4.78, 5) is 19.4. The number of benzene rings is 1. The van der Waals surface area contributed by atoms with Crippen LogP contribution in [-0.2, 0) is 26.0 Å². The third-order valence-electron chi connectivity index (χ3n) is 5.83. The molecule has 2 aliphatic heterocycles. The number of ether oxygens (including phenoxy) is 3. The highest BCUT2D eigenvalue weighted by molar-refractivity contribution is 7.89. The van der Waals surface area contributed by atoms with Gasteiger partial charge < -0.3 is 19.1 Å². The molecule has 2 aliphatic rings. The molecule has 0 aliphatic carbocycles. The lowest BCUT2D eigenvalue weighted by Gasteiger charge is -2.28. The second-order valence-corrected chi connectivity index (χ2v) is 9.97. The Bertz CT molecular complexity index is 1050. The van der Waals surface area contributed by atoms with Crippen LogP contribution >= 0.6 is 0 Å². The molecule has 178 valence electrons. The first-order chi connectivity index (χ1) is 16.0. The van der Waals surface area contributed by atoms with Crippen LogP contribution in [0.1, 0.15) is 28.8 Å². The molecule has 10 heteroatoms. The van der Waals surface area contributed by atoms with Crippen LogP contribution < -0.4 is 4.74 Å². The van der Waals surface area contributed by atoms with Gasteiger partial charge in [-0.1, -0.05) is 6.07 Å². The second-order valence-electron chi connectivity index (χ2n) is 8.06. The number of carbonyl (C=O) groups is 1. The molecule has 1 aromatic carbocycles. The van der Waals surface area contributed by atoms with Gasteiger partial charge in [0.15, 0.2) is 0 Å². The van der Waals surface area contributed by atoms with E-state index >= 15 is 0 Å². The number of nitrogens with zero attached hydrogens (tertiary/aromatic N) is 3. The molecule has 1 atom stereocenters. The van der Waals surface area contributed by atoms with Crippen LogP contribution in [0.2, 0.25) is 0 Å². The average Bonchev–Trinajstić information content (AvgIpc) is 3.37. The molecule has 2 saturated heterocycles. The largest absolute Gasteiger partial charge is 0.495 e. The number of hydrogen-bond acceptors (Lipinski definition) is 7. The molecule has 33 heavy (non-hydrogen) atoms. The van der Waals surface area contributed by atoms with Gasteiger partial charge in [-0.2, -0.15) is 4.31 Å². The van der Waals surface area contributed by atoms with Crippen LogP contribution in [0.4, 0.5) is 0 Å². The van der Waals surface area contributed by atoms with Crippen molar-refractivity contribution in [2.45, 2.75) is 30.4 Å². The lowest BCUT2D eigenvalue weighted by atomic mass is 10.1. The number of aromatic nitrogens is 1. The van der Waals surface area contributed by atoms with E-state index in [-0.39, 0.29) is 41.3 Å². The first kappa shape index (κ1) is 23.6. The zero-order valence-electron chi connectivity index (χ0n) is 18.7. The Balaban J connectivity index is 1.64. The first-order valence-corrected chi connectivity index (χ1v) is 12.5. The highest BCUT2D eigenvalue weighted by Crippen LogP contribution is 2.29. The number of amides is 1. The highest BCUT2D eigenvalue weighted by atomic mass is 32.2. The lowest BCUT2D eigenvalue weighted by molar-refractivity contribution is 0.0507. The molecule has 0 radical (unpaired) electrons. The fourth-order valence-corrected chi connectivity index (χ4v) is 5.67. The van der Waals surface area contributed by atoms with E-state index in [4.69, 9.17) is 14.2 Å². The van der Waals surface area contributed by atoms with E-state index in [0.717, 1.165) is 18.4 Å². The van der Waals surface area contributed by atoms with Crippen LogP contribution in [0.15, 0.2) is 47.6 Å². The number of hydrogen-bond donors (Lipinski definition) is 0. The van der Waals surface area contributed by atoms with Gasteiger partial charge in [-0.3, -0.25) is 9.78 Å². The molecule has 0 N–H and O–H groups in total. The molecule has 9 nitrogen and oxygen atoms in total. The van der Waals surface area contributed by atoms with E-state index in [9.17, 15) is 13.2 Å². The van der Waals surface area contributed by atoms with E-state index in [1.54, 1.807) is 23.4 Å². The minimum atomic E-state index is -3.84.